The number of piperazine rings is 1. The van der Waals surface area contributed by atoms with E-state index < -0.39 is 0 Å². The topological polar surface area (TPSA) is 57.3 Å². The molecule has 1 aromatic rings. The molecule has 17 heavy (non-hydrogen) atoms. The molecule has 0 aliphatic carbocycles. The Labute approximate surface area is 101 Å². The Morgan fingerprint density at radius 1 is 1.59 bits per heavy atom. The number of pyridine rings is 1. The Hall–Kier alpha value is -1.62. The number of hydrogen-bond donors (Lipinski definition) is 2. The minimum absolute atomic E-state index is 0.0801. The second-order valence-electron chi connectivity index (χ2n) is 4.01. The molecule has 1 aromatic heterocycles. The summed E-state index contributed by atoms with van der Waals surface area (Å²) in [5, 5.41) is 6.13. The van der Waals surface area contributed by atoms with Crippen LogP contribution in [-0.2, 0) is 4.79 Å². The van der Waals surface area contributed by atoms with E-state index in [-0.39, 0.29) is 11.9 Å². The van der Waals surface area contributed by atoms with E-state index in [2.05, 4.69) is 20.5 Å². The standard InChI is InChI=1S/C12H18N4O/c1-2-15-12(17)11-9-14-7-8-16(11)10-3-5-13-6-4-10/h3-6,11,14H,2,7-9H2,1H3,(H,15,17). The first-order chi connectivity index (χ1) is 8.33. The van der Waals surface area contributed by atoms with Gasteiger partial charge in [0.15, 0.2) is 0 Å². The quantitative estimate of drug-likeness (QED) is 0.772. The summed E-state index contributed by atoms with van der Waals surface area (Å²) < 4.78 is 0. The molecular weight excluding hydrogens is 216 g/mol. The molecule has 1 fully saturated rings. The van der Waals surface area contributed by atoms with Crippen LogP contribution in [0.3, 0.4) is 0 Å². The summed E-state index contributed by atoms with van der Waals surface area (Å²) in [5.41, 5.74) is 1.05. The Morgan fingerprint density at radius 3 is 3.06 bits per heavy atom. The van der Waals surface area contributed by atoms with Crippen molar-refractivity contribution >= 4 is 11.6 Å². The van der Waals surface area contributed by atoms with Crippen LogP contribution >= 0.6 is 0 Å². The largest absolute Gasteiger partial charge is 0.357 e. The molecule has 2 heterocycles. The van der Waals surface area contributed by atoms with Gasteiger partial charge in [-0.25, -0.2) is 0 Å². The summed E-state index contributed by atoms with van der Waals surface area (Å²) >= 11 is 0. The van der Waals surface area contributed by atoms with Crippen LogP contribution in [0.2, 0.25) is 0 Å². The van der Waals surface area contributed by atoms with Gasteiger partial charge >= 0.3 is 0 Å². The molecular formula is C12H18N4O. The van der Waals surface area contributed by atoms with Crippen LogP contribution in [0.5, 0.6) is 0 Å². The number of hydrogen-bond acceptors (Lipinski definition) is 4. The van der Waals surface area contributed by atoms with Crippen LogP contribution in [-0.4, -0.2) is 43.1 Å². The predicted molar refractivity (Wildman–Crippen MR) is 66.9 cm³/mol. The third kappa shape index (κ3) is 2.74. The lowest BCUT2D eigenvalue weighted by Crippen LogP contribution is -2.58. The van der Waals surface area contributed by atoms with Crippen molar-refractivity contribution in [3.05, 3.63) is 24.5 Å². The molecule has 2 N–H and O–H groups in total. The number of aromatic nitrogens is 1. The van der Waals surface area contributed by atoms with Gasteiger partial charge in [-0.05, 0) is 19.1 Å². The van der Waals surface area contributed by atoms with Crippen LogP contribution in [0.4, 0.5) is 5.69 Å². The summed E-state index contributed by atoms with van der Waals surface area (Å²) in [6, 6.07) is 3.75. The minimum Gasteiger partial charge on any atom is -0.357 e. The smallest absolute Gasteiger partial charge is 0.244 e. The molecule has 1 saturated heterocycles. The Bertz CT molecular complexity index is 368. The molecule has 0 radical (unpaired) electrons. The zero-order valence-electron chi connectivity index (χ0n) is 10.0. The van der Waals surface area contributed by atoms with Crippen molar-refractivity contribution in [2.75, 3.05) is 31.1 Å². The molecule has 1 aliphatic heterocycles. The monoisotopic (exact) mass is 234 g/mol. The molecule has 0 saturated carbocycles. The first-order valence-electron chi connectivity index (χ1n) is 5.98. The van der Waals surface area contributed by atoms with Crippen molar-refractivity contribution in [2.24, 2.45) is 0 Å². The average Bonchev–Trinajstić information content (AvgIpc) is 2.40. The molecule has 1 amide bonds. The highest BCUT2D eigenvalue weighted by Crippen LogP contribution is 2.16. The van der Waals surface area contributed by atoms with Crippen LogP contribution < -0.4 is 15.5 Å². The van der Waals surface area contributed by atoms with E-state index >= 15 is 0 Å². The van der Waals surface area contributed by atoms with Gasteiger partial charge in [-0.2, -0.15) is 0 Å². The normalized spacial score (nSPS) is 20.1. The molecule has 0 bridgehead atoms. The third-order valence-corrected chi connectivity index (χ3v) is 2.89. The highest BCUT2D eigenvalue weighted by molar-refractivity contribution is 5.85. The van der Waals surface area contributed by atoms with Crippen molar-refractivity contribution in [1.29, 1.82) is 0 Å². The summed E-state index contributed by atoms with van der Waals surface area (Å²) in [4.78, 5) is 18.1. The molecule has 5 nitrogen and oxygen atoms in total. The summed E-state index contributed by atoms with van der Waals surface area (Å²) in [6.45, 7) is 5.03. The fourth-order valence-corrected chi connectivity index (χ4v) is 2.08. The van der Waals surface area contributed by atoms with Gasteiger partial charge in [-0.15, -0.1) is 0 Å². The van der Waals surface area contributed by atoms with Gasteiger partial charge in [0, 0.05) is 44.3 Å². The van der Waals surface area contributed by atoms with Gasteiger partial charge in [0.1, 0.15) is 6.04 Å². The van der Waals surface area contributed by atoms with Crippen molar-refractivity contribution in [3.63, 3.8) is 0 Å². The van der Waals surface area contributed by atoms with Crippen molar-refractivity contribution in [3.8, 4) is 0 Å². The average molecular weight is 234 g/mol. The van der Waals surface area contributed by atoms with Crippen LogP contribution in [0.1, 0.15) is 6.92 Å². The van der Waals surface area contributed by atoms with Gasteiger partial charge in [-0.3, -0.25) is 9.78 Å². The maximum atomic E-state index is 12.0. The lowest BCUT2D eigenvalue weighted by atomic mass is 10.1. The SMILES string of the molecule is CCNC(=O)C1CNCCN1c1ccncc1. The van der Waals surface area contributed by atoms with E-state index in [0.29, 0.717) is 13.1 Å². The van der Waals surface area contributed by atoms with Crippen LogP contribution in [0.15, 0.2) is 24.5 Å². The zero-order chi connectivity index (χ0) is 12.1. The summed E-state index contributed by atoms with van der Waals surface area (Å²) in [7, 11) is 0. The fourth-order valence-electron chi connectivity index (χ4n) is 2.08. The maximum absolute atomic E-state index is 12.0. The summed E-state index contributed by atoms with van der Waals surface area (Å²) in [5.74, 6) is 0.0801. The lowest BCUT2D eigenvalue weighted by Gasteiger charge is -2.36. The lowest BCUT2D eigenvalue weighted by molar-refractivity contribution is -0.122. The predicted octanol–water partition coefficient (Wildman–Crippen LogP) is -0.00410. The van der Waals surface area contributed by atoms with Gasteiger partial charge in [0.05, 0.1) is 0 Å². The molecule has 0 aromatic carbocycles. The second-order valence-corrected chi connectivity index (χ2v) is 4.01. The Kier molecular flexibility index (Phi) is 3.93. The Morgan fingerprint density at radius 2 is 2.35 bits per heavy atom. The number of nitrogens with zero attached hydrogens (tertiary/aromatic N) is 2. The number of nitrogens with one attached hydrogen (secondary N) is 2. The Balaban J connectivity index is 2.15. The molecule has 5 heteroatoms. The fraction of sp³-hybridized carbons (Fsp3) is 0.500. The van der Waals surface area contributed by atoms with Gasteiger partial charge in [-0.1, -0.05) is 0 Å². The molecule has 1 aliphatic rings. The maximum Gasteiger partial charge on any atom is 0.244 e. The van der Waals surface area contributed by atoms with Gasteiger partial charge in [0.2, 0.25) is 5.91 Å². The number of likely N-dealkylation sites (N-methyl/N-ethyl adjacent to an activating group) is 1. The van der Waals surface area contributed by atoms with Gasteiger partial charge in [0.25, 0.3) is 0 Å². The number of anilines is 1. The number of rotatable bonds is 3. The first-order valence-corrected chi connectivity index (χ1v) is 5.98. The van der Waals surface area contributed by atoms with E-state index in [1.54, 1.807) is 12.4 Å². The molecule has 2 rings (SSSR count). The number of amides is 1. The van der Waals surface area contributed by atoms with Crippen LogP contribution in [0.25, 0.3) is 0 Å². The highest BCUT2D eigenvalue weighted by atomic mass is 16.2. The van der Waals surface area contributed by atoms with E-state index in [1.165, 1.54) is 0 Å². The second kappa shape index (κ2) is 5.63. The highest BCUT2D eigenvalue weighted by Gasteiger charge is 2.28. The first kappa shape index (κ1) is 11.9. The zero-order valence-corrected chi connectivity index (χ0v) is 10.0. The summed E-state index contributed by atoms with van der Waals surface area (Å²) in [6.07, 6.45) is 3.51. The minimum atomic E-state index is -0.133. The molecule has 92 valence electrons. The van der Waals surface area contributed by atoms with Gasteiger partial charge < -0.3 is 15.5 Å². The van der Waals surface area contributed by atoms with Crippen molar-refractivity contribution in [2.45, 2.75) is 13.0 Å². The van der Waals surface area contributed by atoms with E-state index in [9.17, 15) is 4.79 Å². The van der Waals surface area contributed by atoms with E-state index in [0.717, 1.165) is 18.8 Å². The third-order valence-electron chi connectivity index (χ3n) is 2.89. The molecule has 1 atom stereocenters. The molecule has 1 unspecified atom stereocenters. The molecule has 0 spiro atoms. The van der Waals surface area contributed by atoms with E-state index in [1.807, 2.05) is 19.1 Å². The van der Waals surface area contributed by atoms with E-state index in [4.69, 9.17) is 0 Å². The number of carbonyl (C=O) groups excluding carboxylic acids is 1. The number of carbonyl (C=O) groups is 1. The van der Waals surface area contributed by atoms with Crippen molar-refractivity contribution in [1.82, 2.24) is 15.6 Å². The van der Waals surface area contributed by atoms with Crippen molar-refractivity contribution < 1.29 is 4.79 Å². The van der Waals surface area contributed by atoms with Crippen LogP contribution in [0, 0.1) is 0 Å².